The maximum absolute atomic E-state index is 10.9. The number of aromatic nitrogens is 3. The molecule has 0 aliphatic rings. The van der Waals surface area contributed by atoms with Crippen LogP contribution in [0, 0.1) is 17.0 Å². The van der Waals surface area contributed by atoms with Gasteiger partial charge in [0.25, 0.3) is 0 Å². The maximum atomic E-state index is 10.9. The highest BCUT2D eigenvalue weighted by Crippen LogP contribution is 2.21. The van der Waals surface area contributed by atoms with E-state index in [9.17, 15) is 14.9 Å². The van der Waals surface area contributed by atoms with Crippen LogP contribution in [0.2, 0.25) is 0 Å². The van der Waals surface area contributed by atoms with E-state index in [1.165, 1.54) is 6.20 Å². The Bertz CT molecular complexity index is 651. The largest absolute Gasteiger partial charge is 0.476 e. The highest BCUT2D eigenvalue weighted by Gasteiger charge is 2.25. The fourth-order valence-corrected chi connectivity index (χ4v) is 1.63. The number of carboxylic acid groups (broad SMARTS) is 1. The van der Waals surface area contributed by atoms with E-state index < -0.39 is 22.3 Å². The van der Waals surface area contributed by atoms with Crippen LogP contribution in [-0.4, -0.2) is 30.8 Å². The first-order chi connectivity index (χ1) is 8.90. The van der Waals surface area contributed by atoms with E-state index in [1.54, 1.807) is 6.07 Å². The molecule has 1 N–H and O–H groups in total. The van der Waals surface area contributed by atoms with Gasteiger partial charge in [0.05, 0.1) is 4.92 Å². The number of aromatic carboxylic acids is 1. The van der Waals surface area contributed by atoms with E-state index >= 15 is 0 Å². The summed E-state index contributed by atoms with van der Waals surface area (Å²) in [7, 11) is 0. The zero-order valence-corrected chi connectivity index (χ0v) is 11.2. The summed E-state index contributed by atoms with van der Waals surface area (Å²) in [5.41, 5.74) is -0.345. The summed E-state index contributed by atoms with van der Waals surface area (Å²) >= 11 is 3.27. The summed E-state index contributed by atoms with van der Waals surface area (Å²) in [6.07, 6.45) is 2.54. The summed E-state index contributed by atoms with van der Waals surface area (Å²) in [5, 5.41) is 23.3. The van der Waals surface area contributed by atoms with Crippen molar-refractivity contribution in [1.29, 1.82) is 0 Å². The highest BCUT2D eigenvalue weighted by atomic mass is 79.9. The van der Waals surface area contributed by atoms with Gasteiger partial charge < -0.3 is 5.11 Å². The lowest BCUT2D eigenvalue weighted by Gasteiger charge is -2.02. The molecule has 0 aliphatic heterocycles. The number of aryl methyl sites for hydroxylation is 1. The molecule has 0 spiro atoms. The first-order valence-electron chi connectivity index (χ1n) is 5.00. The molecule has 98 valence electrons. The third-order valence-electron chi connectivity index (χ3n) is 2.36. The topological polar surface area (TPSA) is 111 Å². The van der Waals surface area contributed by atoms with Gasteiger partial charge in [-0.15, -0.1) is 0 Å². The Morgan fingerprint density at radius 2 is 2.26 bits per heavy atom. The van der Waals surface area contributed by atoms with Crippen LogP contribution >= 0.6 is 15.9 Å². The molecule has 0 saturated heterocycles. The third kappa shape index (κ3) is 2.45. The third-order valence-corrected chi connectivity index (χ3v) is 3.19. The van der Waals surface area contributed by atoms with Gasteiger partial charge >= 0.3 is 11.7 Å². The number of rotatable bonds is 3. The van der Waals surface area contributed by atoms with Crippen LogP contribution in [0.4, 0.5) is 5.69 Å². The highest BCUT2D eigenvalue weighted by molar-refractivity contribution is 9.10. The van der Waals surface area contributed by atoms with Crippen LogP contribution in [0.1, 0.15) is 16.1 Å². The molecule has 0 atom stereocenters. The molecular formula is C10H7BrN4O4. The van der Waals surface area contributed by atoms with Crippen LogP contribution < -0.4 is 0 Å². The molecule has 2 aromatic rings. The van der Waals surface area contributed by atoms with E-state index in [4.69, 9.17) is 5.11 Å². The zero-order chi connectivity index (χ0) is 14.2. The van der Waals surface area contributed by atoms with E-state index in [1.807, 2.05) is 6.92 Å². The van der Waals surface area contributed by atoms with Crippen LogP contribution in [0.15, 0.2) is 22.9 Å². The van der Waals surface area contributed by atoms with Crippen molar-refractivity contribution in [1.82, 2.24) is 14.8 Å². The minimum atomic E-state index is -1.46. The molecule has 0 unspecified atom stereocenters. The normalized spacial score (nSPS) is 10.4. The van der Waals surface area contributed by atoms with Gasteiger partial charge in [-0.3, -0.25) is 10.1 Å². The predicted octanol–water partition coefficient (Wildman–Crippen LogP) is 1.94. The molecule has 19 heavy (non-hydrogen) atoms. The summed E-state index contributed by atoms with van der Waals surface area (Å²) in [6.45, 7) is 1.81. The average molecular weight is 327 g/mol. The van der Waals surface area contributed by atoms with Gasteiger partial charge in [0.2, 0.25) is 5.69 Å². The lowest BCUT2D eigenvalue weighted by Crippen LogP contribution is -2.03. The number of halogens is 1. The second-order valence-corrected chi connectivity index (χ2v) is 4.52. The van der Waals surface area contributed by atoms with E-state index in [2.05, 4.69) is 26.0 Å². The molecule has 0 bridgehead atoms. The molecule has 8 nitrogen and oxygen atoms in total. The van der Waals surface area contributed by atoms with Gasteiger partial charge in [0.1, 0.15) is 6.20 Å². The molecule has 0 saturated carbocycles. The lowest BCUT2D eigenvalue weighted by molar-refractivity contribution is -0.385. The zero-order valence-electron chi connectivity index (χ0n) is 9.57. The second kappa shape index (κ2) is 4.76. The smallest absolute Gasteiger partial charge is 0.363 e. The molecule has 2 heterocycles. The minimum Gasteiger partial charge on any atom is -0.476 e. The molecule has 9 heteroatoms. The minimum absolute atomic E-state index is 0.302. The SMILES string of the molecule is Cc1cc(-n2cc([N+](=O)[O-])c(C(=O)O)n2)ncc1Br. The van der Waals surface area contributed by atoms with Crippen molar-refractivity contribution in [3.63, 3.8) is 0 Å². The summed E-state index contributed by atoms with van der Waals surface area (Å²) < 4.78 is 1.84. The number of nitro groups is 1. The number of hydrogen-bond acceptors (Lipinski definition) is 5. The van der Waals surface area contributed by atoms with Crippen molar-refractivity contribution in [2.75, 3.05) is 0 Å². The average Bonchev–Trinajstić information content (AvgIpc) is 2.78. The number of nitrogens with zero attached hydrogens (tertiary/aromatic N) is 4. The Hall–Kier alpha value is -2.29. The Morgan fingerprint density at radius 3 is 2.74 bits per heavy atom. The maximum Gasteiger partial charge on any atom is 0.363 e. The fourth-order valence-electron chi connectivity index (χ4n) is 1.42. The first kappa shape index (κ1) is 13.1. The van der Waals surface area contributed by atoms with E-state index in [-0.39, 0.29) is 0 Å². The molecule has 2 aromatic heterocycles. The van der Waals surface area contributed by atoms with Crippen molar-refractivity contribution in [3.05, 3.63) is 44.3 Å². The number of carbonyl (C=O) groups is 1. The van der Waals surface area contributed by atoms with Crippen molar-refractivity contribution < 1.29 is 14.8 Å². The Morgan fingerprint density at radius 1 is 1.58 bits per heavy atom. The number of hydrogen-bond donors (Lipinski definition) is 1. The Labute approximate surface area is 115 Å². The van der Waals surface area contributed by atoms with Crippen molar-refractivity contribution in [2.24, 2.45) is 0 Å². The van der Waals surface area contributed by atoms with Gasteiger partial charge in [-0.2, -0.15) is 5.10 Å². The number of carboxylic acids is 1. The Kier molecular flexibility index (Phi) is 3.30. The molecule has 2 rings (SSSR count). The van der Waals surface area contributed by atoms with Crippen LogP contribution in [0.3, 0.4) is 0 Å². The van der Waals surface area contributed by atoms with Crippen molar-refractivity contribution in [3.8, 4) is 5.82 Å². The molecule has 0 aliphatic carbocycles. The molecule has 0 fully saturated rings. The quantitative estimate of drug-likeness (QED) is 0.681. The standard InChI is InChI=1S/C10H7BrN4O4/c1-5-2-8(12-3-6(5)11)14-4-7(15(18)19)9(13-14)10(16)17/h2-4H,1H3,(H,16,17). The van der Waals surface area contributed by atoms with Crippen LogP contribution in [0.25, 0.3) is 5.82 Å². The van der Waals surface area contributed by atoms with Gasteiger partial charge in [0.15, 0.2) is 5.82 Å². The predicted molar refractivity (Wildman–Crippen MR) is 67.4 cm³/mol. The first-order valence-corrected chi connectivity index (χ1v) is 5.79. The Balaban J connectivity index is 2.57. The summed E-state index contributed by atoms with van der Waals surface area (Å²) in [4.78, 5) is 24.9. The summed E-state index contributed by atoms with van der Waals surface area (Å²) in [5.74, 6) is -1.16. The van der Waals surface area contributed by atoms with Crippen molar-refractivity contribution in [2.45, 2.75) is 6.92 Å². The summed E-state index contributed by atoms with van der Waals surface area (Å²) in [6, 6.07) is 1.63. The van der Waals surface area contributed by atoms with Crippen molar-refractivity contribution >= 4 is 27.6 Å². The molecule has 0 radical (unpaired) electrons. The molecular weight excluding hydrogens is 320 g/mol. The van der Waals surface area contributed by atoms with Gasteiger partial charge in [0, 0.05) is 10.7 Å². The van der Waals surface area contributed by atoms with E-state index in [0.29, 0.717) is 5.82 Å². The van der Waals surface area contributed by atoms with Gasteiger partial charge in [-0.1, -0.05) is 0 Å². The van der Waals surface area contributed by atoms with Crippen LogP contribution in [0.5, 0.6) is 0 Å². The van der Waals surface area contributed by atoms with E-state index in [0.717, 1.165) is 20.9 Å². The van der Waals surface area contributed by atoms with Gasteiger partial charge in [-0.25, -0.2) is 14.5 Å². The number of pyridine rings is 1. The van der Waals surface area contributed by atoms with Crippen LogP contribution in [-0.2, 0) is 0 Å². The lowest BCUT2D eigenvalue weighted by atomic mass is 10.3. The monoisotopic (exact) mass is 326 g/mol. The fraction of sp³-hybridized carbons (Fsp3) is 0.100. The molecule has 0 aromatic carbocycles. The van der Waals surface area contributed by atoms with Gasteiger partial charge in [-0.05, 0) is 34.5 Å². The second-order valence-electron chi connectivity index (χ2n) is 3.66. The molecule has 0 amide bonds.